The molecule has 0 aliphatic carbocycles. The van der Waals surface area contributed by atoms with Gasteiger partial charge < -0.3 is 0 Å². The Morgan fingerprint density at radius 1 is 1.27 bits per heavy atom. The van der Waals surface area contributed by atoms with Crippen molar-refractivity contribution in [3.8, 4) is 0 Å². The fourth-order valence-corrected chi connectivity index (χ4v) is 12.7. The van der Waals surface area contributed by atoms with Gasteiger partial charge >= 0.3 is 73.4 Å². The minimum atomic E-state index is -2.47. The van der Waals surface area contributed by atoms with Crippen molar-refractivity contribution < 1.29 is 9.11 Å². The third kappa shape index (κ3) is 2.02. The van der Waals surface area contributed by atoms with E-state index < -0.39 is 29.0 Å². The SMILES string of the molecule is [CH3][Sn]([CH3])([CH3])[C]1=CC=CS1(O)O. The number of hydrogen-bond acceptors (Lipinski definition) is 2. The Hall–Kier alpha value is 0.549. The first-order valence-corrected chi connectivity index (χ1v) is 15.1. The molecule has 64 valence electrons. The van der Waals surface area contributed by atoms with Gasteiger partial charge in [0.1, 0.15) is 0 Å². The number of rotatable bonds is 1. The van der Waals surface area contributed by atoms with Crippen molar-refractivity contribution >= 4 is 29.0 Å². The van der Waals surface area contributed by atoms with Crippen molar-refractivity contribution in [1.82, 2.24) is 0 Å². The predicted molar refractivity (Wildman–Crippen MR) is 53.4 cm³/mol. The Labute approximate surface area is 73.2 Å². The summed E-state index contributed by atoms with van der Waals surface area (Å²) in [5.74, 6) is 0. The Kier molecular flexibility index (Phi) is 2.45. The van der Waals surface area contributed by atoms with E-state index in [2.05, 4.69) is 14.8 Å². The average Bonchev–Trinajstić information content (AvgIpc) is 2.06. The van der Waals surface area contributed by atoms with Gasteiger partial charge in [-0.3, -0.25) is 0 Å². The molecule has 0 saturated carbocycles. The van der Waals surface area contributed by atoms with Crippen LogP contribution in [0.25, 0.3) is 0 Å². The summed E-state index contributed by atoms with van der Waals surface area (Å²) >= 11 is -2.23. The molecule has 0 atom stereocenters. The van der Waals surface area contributed by atoms with Gasteiger partial charge in [0.15, 0.2) is 0 Å². The molecule has 1 aliphatic heterocycles. The van der Waals surface area contributed by atoms with E-state index in [1.54, 1.807) is 6.08 Å². The van der Waals surface area contributed by atoms with Gasteiger partial charge in [0.25, 0.3) is 0 Å². The van der Waals surface area contributed by atoms with Crippen LogP contribution in [-0.4, -0.2) is 27.5 Å². The molecule has 11 heavy (non-hydrogen) atoms. The summed E-state index contributed by atoms with van der Waals surface area (Å²) in [5.41, 5.74) is 0. The van der Waals surface area contributed by atoms with Crippen molar-refractivity contribution in [2.24, 2.45) is 0 Å². The Balaban J connectivity index is 2.94. The first-order valence-electron chi connectivity index (χ1n) is 3.51. The second-order valence-corrected chi connectivity index (χ2v) is 21.0. The van der Waals surface area contributed by atoms with Gasteiger partial charge in [-0.2, -0.15) is 0 Å². The fourth-order valence-electron chi connectivity index (χ4n) is 1.11. The van der Waals surface area contributed by atoms with Gasteiger partial charge in [0.2, 0.25) is 0 Å². The van der Waals surface area contributed by atoms with Crippen LogP contribution in [0.1, 0.15) is 0 Å². The van der Waals surface area contributed by atoms with Crippen molar-refractivity contribution in [3.63, 3.8) is 0 Å². The van der Waals surface area contributed by atoms with Crippen LogP contribution < -0.4 is 0 Å². The summed E-state index contributed by atoms with van der Waals surface area (Å²) in [6.45, 7) is 0. The molecule has 1 rings (SSSR count). The Bertz CT molecular complexity index is 225. The quantitative estimate of drug-likeness (QED) is 0.725. The maximum absolute atomic E-state index is 9.53. The average molecular weight is 281 g/mol. The summed E-state index contributed by atoms with van der Waals surface area (Å²) in [4.78, 5) is 6.55. The van der Waals surface area contributed by atoms with Crippen LogP contribution in [0.15, 0.2) is 20.5 Å². The van der Waals surface area contributed by atoms with E-state index in [0.717, 1.165) is 2.92 Å². The molecular formula is C7H14O2SSn. The molecule has 1 heterocycles. The van der Waals surface area contributed by atoms with E-state index in [0.29, 0.717) is 0 Å². The van der Waals surface area contributed by atoms with Crippen molar-refractivity contribution in [3.05, 3.63) is 20.5 Å². The third-order valence-corrected chi connectivity index (χ3v) is 14.3. The molecule has 0 spiro atoms. The van der Waals surface area contributed by atoms with Gasteiger partial charge in [-0.05, 0) is 0 Å². The second kappa shape index (κ2) is 2.80. The first-order chi connectivity index (χ1) is 4.84. The molecule has 4 heteroatoms. The first kappa shape index (κ1) is 9.64. The topological polar surface area (TPSA) is 40.5 Å². The minimum absolute atomic E-state index is 0.937. The maximum atomic E-state index is 9.53. The van der Waals surface area contributed by atoms with Crippen LogP contribution in [0.3, 0.4) is 0 Å². The number of allylic oxidation sites excluding steroid dienone is 2. The third-order valence-electron chi connectivity index (χ3n) is 1.58. The molecule has 0 radical (unpaired) electrons. The standard InChI is InChI=1S/C4H5O2S.3CH3.Sn/c5-7(6)3-1-2-4-7;;;;/h1-3,5-6H;3*1H3;. The van der Waals surface area contributed by atoms with Crippen molar-refractivity contribution in [1.29, 1.82) is 0 Å². The van der Waals surface area contributed by atoms with Gasteiger partial charge in [0.05, 0.1) is 0 Å². The summed E-state index contributed by atoms with van der Waals surface area (Å²) in [5, 5.41) is 1.52. The van der Waals surface area contributed by atoms with Crippen molar-refractivity contribution in [2.45, 2.75) is 14.8 Å². The van der Waals surface area contributed by atoms with Crippen LogP contribution in [0.5, 0.6) is 0 Å². The molecule has 0 aromatic carbocycles. The van der Waals surface area contributed by atoms with Gasteiger partial charge in [0, 0.05) is 0 Å². The molecule has 2 nitrogen and oxygen atoms in total. The van der Waals surface area contributed by atoms with Crippen LogP contribution in [0.2, 0.25) is 14.8 Å². The van der Waals surface area contributed by atoms with E-state index in [4.69, 9.17) is 0 Å². The van der Waals surface area contributed by atoms with Gasteiger partial charge in [-0.1, -0.05) is 0 Å². The van der Waals surface area contributed by atoms with Gasteiger partial charge in [-0.15, -0.1) is 0 Å². The van der Waals surface area contributed by atoms with E-state index in [-0.39, 0.29) is 0 Å². The molecule has 0 aromatic rings. The Morgan fingerprint density at radius 2 is 1.82 bits per heavy atom. The molecule has 0 fully saturated rings. The normalized spacial score (nSPS) is 25.0. The molecule has 0 saturated heterocycles. The van der Waals surface area contributed by atoms with E-state index in [1.165, 1.54) is 5.41 Å². The zero-order chi connectivity index (χ0) is 8.70. The van der Waals surface area contributed by atoms with E-state index >= 15 is 0 Å². The van der Waals surface area contributed by atoms with Crippen LogP contribution in [0, 0.1) is 0 Å². The van der Waals surface area contributed by atoms with Gasteiger partial charge in [-0.25, -0.2) is 0 Å². The summed E-state index contributed by atoms with van der Waals surface area (Å²) in [6.07, 6.45) is 3.64. The molecule has 0 unspecified atom stereocenters. The molecule has 0 aromatic heterocycles. The van der Waals surface area contributed by atoms with E-state index in [1.807, 2.05) is 6.08 Å². The van der Waals surface area contributed by atoms with Crippen LogP contribution in [0.4, 0.5) is 0 Å². The van der Waals surface area contributed by atoms with Crippen LogP contribution >= 0.6 is 10.6 Å². The van der Waals surface area contributed by atoms with E-state index in [9.17, 15) is 9.11 Å². The fraction of sp³-hybridized carbons (Fsp3) is 0.429. The molecule has 2 N–H and O–H groups in total. The summed E-state index contributed by atoms with van der Waals surface area (Å²) < 4.78 is 20.0. The zero-order valence-corrected chi connectivity index (χ0v) is 10.7. The monoisotopic (exact) mass is 282 g/mol. The van der Waals surface area contributed by atoms with Crippen molar-refractivity contribution in [2.75, 3.05) is 0 Å². The molecule has 0 amide bonds. The predicted octanol–water partition coefficient (Wildman–Crippen LogP) is 3.03. The summed E-state index contributed by atoms with van der Waals surface area (Å²) in [7, 11) is -2.47. The molecule has 0 bridgehead atoms. The zero-order valence-electron chi connectivity index (χ0n) is 7.03. The summed E-state index contributed by atoms with van der Waals surface area (Å²) in [6, 6.07) is 0. The molecular weight excluding hydrogens is 267 g/mol. The Morgan fingerprint density at radius 3 is 2.00 bits per heavy atom. The molecule has 1 aliphatic rings. The number of hydrogen-bond donors (Lipinski definition) is 2. The van der Waals surface area contributed by atoms with Crippen LogP contribution in [-0.2, 0) is 0 Å². The second-order valence-electron chi connectivity index (χ2n) is 3.70.